The van der Waals surface area contributed by atoms with E-state index in [1.165, 1.54) is 6.92 Å². The van der Waals surface area contributed by atoms with E-state index in [0.29, 0.717) is 6.07 Å². The quantitative estimate of drug-likeness (QED) is 0.897. The third kappa shape index (κ3) is 3.04. The number of aliphatic carboxylic acids is 1. The first-order valence-corrected chi connectivity index (χ1v) is 5.79. The number of aryl methyl sites for hydroxylation is 1. The van der Waals surface area contributed by atoms with E-state index in [9.17, 15) is 18.4 Å². The van der Waals surface area contributed by atoms with Gasteiger partial charge in [0.25, 0.3) is 5.91 Å². The molecule has 1 amide bonds. The number of carbonyl (C=O) groups excluding carboxylic acids is 1. The number of oxazole rings is 1. The summed E-state index contributed by atoms with van der Waals surface area (Å²) in [4.78, 5) is 26.7. The summed E-state index contributed by atoms with van der Waals surface area (Å²) in [5.74, 6) is -3.98. The van der Waals surface area contributed by atoms with Crippen molar-refractivity contribution in [3.05, 3.63) is 53.2 Å². The van der Waals surface area contributed by atoms with Crippen molar-refractivity contribution in [3.63, 3.8) is 0 Å². The molecule has 0 fully saturated rings. The van der Waals surface area contributed by atoms with E-state index in [4.69, 9.17) is 9.52 Å². The van der Waals surface area contributed by atoms with Crippen LogP contribution in [0.4, 0.5) is 8.78 Å². The van der Waals surface area contributed by atoms with Crippen LogP contribution in [0.2, 0.25) is 0 Å². The first-order chi connectivity index (χ1) is 9.90. The van der Waals surface area contributed by atoms with Gasteiger partial charge in [0.05, 0.1) is 0 Å². The predicted molar refractivity (Wildman–Crippen MR) is 65.4 cm³/mol. The van der Waals surface area contributed by atoms with Gasteiger partial charge in [-0.1, -0.05) is 0 Å². The summed E-state index contributed by atoms with van der Waals surface area (Å²) in [6.45, 7) is 1.46. The summed E-state index contributed by atoms with van der Waals surface area (Å²) in [7, 11) is 0. The summed E-state index contributed by atoms with van der Waals surface area (Å²) in [5.41, 5.74) is -0.616. The zero-order valence-corrected chi connectivity index (χ0v) is 10.8. The Morgan fingerprint density at radius 1 is 1.38 bits per heavy atom. The van der Waals surface area contributed by atoms with Crippen molar-refractivity contribution >= 4 is 11.9 Å². The van der Waals surface area contributed by atoms with Crippen LogP contribution in [-0.2, 0) is 4.79 Å². The minimum absolute atomic E-state index is 0.127. The zero-order chi connectivity index (χ0) is 15.6. The second kappa shape index (κ2) is 5.70. The number of nitrogens with zero attached hydrogens (tertiary/aromatic N) is 1. The largest absolute Gasteiger partial charge is 0.479 e. The van der Waals surface area contributed by atoms with E-state index in [1.54, 1.807) is 0 Å². The number of rotatable bonds is 4. The molecule has 6 nitrogen and oxygen atoms in total. The molecule has 0 saturated carbocycles. The number of carboxylic acids is 1. The molecule has 0 aliphatic rings. The van der Waals surface area contributed by atoms with Crippen molar-refractivity contribution < 1.29 is 27.9 Å². The van der Waals surface area contributed by atoms with Crippen LogP contribution in [0.15, 0.2) is 29.0 Å². The van der Waals surface area contributed by atoms with E-state index < -0.39 is 35.1 Å². The van der Waals surface area contributed by atoms with Crippen LogP contribution in [-0.4, -0.2) is 22.0 Å². The third-order valence-corrected chi connectivity index (χ3v) is 2.75. The number of halogens is 2. The highest BCUT2D eigenvalue weighted by Gasteiger charge is 2.27. The van der Waals surface area contributed by atoms with E-state index >= 15 is 0 Å². The second-order valence-electron chi connectivity index (χ2n) is 4.17. The lowest BCUT2D eigenvalue weighted by Gasteiger charge is -2.15. The van der Waals surface area contributed by atoms with Crippen molar-refractivity contribution in [2.45, 2.75) is 13.0 Å². The molecule has 1 aromatic carbocycles. The molecule has 2 N–H and O–H groups in total. The molecule has 1 atom stereocenters. The van der Waals surface area contributed by atoms with Crippen LogP contribution in [0.1, 0.15) is 27.9 Å². The summed E-state index contributed by atoms with van der Waals surface area (Å²) < 4.78 is 31.6. The van der Waals surface area contributed by atoms with Crippen LogP contribution in [0.5, 0.6) is 0 Å². The first kappa shape index (κ1) is 14.6. The molecule has 2 rings (SSSR count). The van der Waals surface area contributed by atoms with Crippen LogP contribution < -0.4 is 5.32 Å². The Kier molecular flexibility index (Phi) is 3.97. The van der Waals surface area contributed by atoms with Gasteiger partial charge in [0.2, 0.25) is 0 Å². The number of amides is 1. The molecule has 0 saturated heterocycles. The number of aromatic nitrogens is 1. The van der Waals surface area contributed by atoms with Crippen LogP contribution in [0, 0.1) is 18.6 Å². The van der Waals surface area contributed by atoms with Crippen molar-refractivity contribution in [3.8, 4) is 0 Å². The Balaban J connectivity index is 2.32. The minimum atomic E-state index is -1.75. The first-order valence-electron chi connectivity index (χ1n) is 5.79. The molecule has 0 radical (unpaired) electrons. The molecule has 1 aromatic heterocycles. The van der Waals surface area contributed by atoms with Gasteiger partial charge in [0.15, 0.2) is 18.1 Å². The molecule has 0 spiro atoms. The van der Waals surface area contributed by atoms with E-state index in [2.05, 4.69) is 10.3 Å². The van der Waals surface area contributed by atoms with Gasteiger partial charge in [-0.2, -0.15) is 0 Å². The van der Waals surface area contributed by atoms with Crippen molar-refractivity contribution in [1.29, 1.82) is 0 Å². The standard InChI is InChI=1S/C13H10F2N2O4/c1-6-10(16-5-21-6)12(18)17-11(13(19)20)8-4-7(14)2-3-9(8)15/h2-5,11H,1H3,(H,17,18)(H,19,20). The van der Waals surface area contributed by atoms with Crippen LogP contribution in [0.25, 0.3) is 0 Å². The molecule has 110 valence electrons. The normalized spacial score (nSPS) is 12.0. The van der Waals surface area contributed by atoms with E-state index in [-0.39, 0.29) is 11.5 Å². The summed E-state index contributed by atoms with van der Waals surface area (Å²) in [6, 6.07) is 0.601. The Bertz CT molecular complexity index is 699. The fourth-order valence-electron chi connectivity index (χ4n) is 1.73. The molecule has 1 unspecified atom stereocenters. The van der Waals surface area contributed by atoms with Crippen molar-refractivity contribution in [2.75, 3.05) is 0 Å². The molecular weight excluding hydrogens is 286 g/mol. The highest BCUT2D eigenvalue weighted by atomic mass is 19.1. The van der Waals surface area contributed by atoms with Gasteiger partial charge in [0.1, 0.15) is 17.4 Å². The summed E-state index contributed by atoms with van der Waals surface area (Å²) >= 11 is 0. The minimum Gasteiger partial charge on any atom is -0.479 e. The van der Waals surface area contributed by atoms with E-state index in [0.717, 1.165) is 18.5 Å². The number of nitrogens with one attached hydrogen (secondary N) is 1. The fraction of sp³-hybridized carbons (Fsp3) is 0.154. The average Bonchev–Trinajstić information content (AvgIpc) is 2.85. The fourth-order valence-corrected chi connectivity index (χ4v) is 1.73. The van der Waals surface area contributed by atoms with Gasteiger partial charge in [-0.05, 0) is 25.1 Å². The van der Waals surface area contributed by atoms with Gasteiger partial charge >= 0.3 is 5.97 Å². The molecule has 8 heteroatoms. The Morgan fingerprint density at radius 2 is 2.10 bits per heavy atom. The molecule has 0 aliphatic heterocycles. The van der Waals surface area contributed by atoms with Gasteiger partial charge in [-0.15, -0.1) is 0 Å². The number of hydrogen-bond donors (Lipinski definition) is 2. The third-order valence-electron chi connectivity index (χ3n) is 2.75. The Labute approximate surface area is 117 Å². The number of benzene rings is 1. The van der Waals surface area contributed by atoms with Crippen LogP contribution in [0.3, 0.4) is 0 Å². The van der Waals surface area contributed by atoms with Crippen molar-refractivity contribution in [1.82, 2.24) is 10.3 Å². The van der Waals surface area contributed by atoms with Crippen molar-refractivity contribution in [2.24, 2.45) is 0 Å². The molecular formula is C13H10F2N2O4. The smallest absolute Gasteiger partial charge is 0.331 e. The highest BCUT2D eigenvalue weighted by Crippen LogP contribution is 2.19. The molecule has 0 bridgehead atoms. The molecule has 1 heterocycles. The second-order valence-corrected chi connectivity index (χ2v) is 4.17. The Morgan fingerprint density at radius 3 is 2.67 bits per heavy atom. The number of hydrogen-bond acceptors (Lipinski definition) is 4. The maximum atomic E-state index is 13.6. The summed E-state index contributed by atoms with van der Waals surface area (Å²) in [6.07, 6.45) is 1.02. The molecule has 21 heavy (non-hydrogen) atoms. The lowest BCUT2D eigenvalue weighted by atomic mass is 10.1. The number of carboxylic acid groups (broad SMARTS) is 1. The monoisotopic (exact) mass is 296 g/mol. The van der Waals surface area contributed by atoms with Gasteiger partial charge < -0.3 is 14.8 Å². The lowest BCUT2D eigenvalue weighted by molar-refractivity contribution is -0.139. The maximum absolute atomic E-state index is 13.6. The maximum Gasteiger partial charge on any atom is 0.331 e. The predicted octanol–water partition coefficient (Wildman–Crippen LogP) is 1.82. The highest BCUT2D eigenvalue weighted by molar-refractivity contribution is 5.95. The van der Waals surface area contributed by atoms with E-state index in [1.807, 2.05) is 0 Å². The topological polar surface area (TPSA) is 92.4 Å². The Hall–Kier alpha value is -2.77. The zero-order valence-electron chi connectivity index (χ0n) is 10.8. The molecule has 2 aromatic rings. The van der Waals surface area contributed by atoms with Gasteiger partial charge in [-0.25, -0.2) is 18.6 Å². The van der Waals surface area contributed by atoms with Crippen LogP contribution >= 0.6 is 0 Å². The summed E-state index contributed by atoms with van der Waals surface area (Å²) in [5, 5.41) is 11.2. The SMILES string of the molecule is Cc1ocnc1C(=O)NC(C(=O)O)c1cc(F)ccc1F. The van der Waals surface area contributed by atoms with Gasteiger partial charge in [0, 0.05) is 5.56 Å². The lowest BCUT2D eigenvalue weighted by Crippen LogP contribution is -2.34. The average molecular weight is 296 g/mol. The van der Waals surface area contributed by atoms with Gasteiger partial charge in [-0.3, -0.25) is 4.79 Å². The molecule has 0 aliphatic carbocycles. The number of carbonyl (C=O) groups is 2.